The smallest absolute Gasteiger partial charge is 0.159 e. The summed E-state index contributed by atoms with van der Waals surface area (Å²) in [4.78, 5) is 11.3. The topological polar surface area (TPSA) is 37.3 Å². The van der Waals surface area contributed by atoms with E-state index in [4.69, 9.17) is 0 Å². The van der Waals surface area contributed by atoms with E-state index in [9.17, 15) is 9.90 Å². The van der Waals surface area contributed by atoms with Crippen LogP contribution in [0.15, 0.2) is 36.4 Å². The lowest BCUT2D eigenvalue weighted by Gasteiger charge is -2.22. The van der Waals surface area contributed by atoms with Crippen molar-refractivity contribution in [2.24, 2.45) is 5.92 Å². The van der Waals surface area contributed by atoms with E-state index >= 15 is 0 Å². The molecule has 90 valence electrons. The summed E-state index contributed by atoms with van der Waals surface area (Å²) in [5, 5.41) is 10.3. The minimum absolute atomic E-state index is 0.0400. The highest BCUT2D eigenvalue weighted by Crippen LogP contribution is 2.30. The van der Waals surface area contributed by atoms with Crippen LogP contribution in [-0.2, 0) is 0 Å². The number of carbonyl (C=O) groups is 1. The third-order valence-electron chi connectivity index (χ3n) is 3.33. The van der Waals surface area contributed by atoms with Gasteiger partial charge in [0.1, 0.15) is 0 Å². The van der Waals surface area contributed by atoms with E-state index in [-0.39, 0.29) is 11.7 Å². The van der Waals surface area contributed by atoms with Gasteiger partial charge in [-0.05, 0) is 37.8 Å². The van der Waals surface area contributed by atoms with Crippen molar-refractivity contribution >= 4 is 5.78 Å². The molecule has 0 saturated carbocycles. The molecule has 1 aliphatic rings. The molecule has 0 amide bonds. The molecule has 1 aliphatic carbocycles. The van der Waals surface area contributed by atoms with Crippen LogP contribution in [0, 0.1) is 5.92 Å². The standard InChI is InChI=1S/C15H18O2/c1-11(16)13-8-5-9-14(10-13)15(17)12-6-3-2-4-7-12/h3,5-6,8-10,12,15,17H,2,4,7H2,1H3/t12-,15-/m1/s1. The fourth-order valence-electron chi connectivity index (χ4n) is 2.29. The second kappa shape index (κ2) is 5.28. The van der Waals surface area contributed by atoms with Crippen molar-refractivity contribution in [3.05, 3.63) is 47.5 Å². The summed E-state index contributed by atoms with van der Waals surface area (Å²) in [5.74, 6) is 0.226. The zero-order valence-electron chi connectivity index (χ0n) is 10.1. The second-order valence-corrected chi connectivity index (χ2v) is 4.65. The number of Topliss-reactive ketones (excluding diaryl/α,β-unsaturated/α-hetero) is 1. The first-order valence-electron chi connectivity index (χ1n) is 6.14. The van der Waals surface area contributed by atoms with Gasteiger partial charge in [-0.1, -0.05) is 30.4 Å². The molecule has 0 unspecified atom stereocenters. The van der Waals surface area contributed by atoms with Crippen molar-refractivity contribution in [3.8, 4) is 0 Å². The molecule has 2 nitrogen and oxygen atoms in total. The number of allylic oxidation sites excluding steroid dienone is 1. The van der Waals surface area contributed by atoms with Gasteiger partial charge in [-0.3, -0.25) is 4.79 Å². The van der Waals surface area contributed by atoms with Crippen molar-refractivity contribution < 1.29 is 9.90 Å². The Morgan fingerprint density at radius 3 is 2.94 bits per heavy atom. The number of aliphatic hydroxyl groups excluding tert-OH is 1. The Morgan fingerprint density at radius 1 is 1.47 bits per heavy atom. The molecule has 0 fully saturated rings. The van der Waals surface area contributed by atoms with E-state index in [0.717, 1.165) is 24.8 Å². The van der Waals surface area contributed by atoms with Crippen molar-refractivity contribution in [2.45, 2.75) is 32.3 Å². The van der Waals surface area contributed by atoms with Gasteiger partial charge >= 0.3 is 0 Å². The SMILES string of the molecule is CC(=O)c1cccc([C@H](O)[C@@H]2C=CCCC2)c1. The van der Waals surface area contributed by atoms with Crippen LogP contribution in [0.5, 0.6) is 0 Å². The summed E-state index contributed by atoms with van der Waals surface area (Å²) in [7, 11) is 0. The molecule has 1 N–H and O–H groups in total. The molecule has 0 saturated heterocycles. The number of benzene rings is 1. The summed E-state index contributed by atoms with van der Waals surface area (Å²) < 4.78 is 0. The first-order chi connectivity index (χ1) is 8.18. The fourth-order valence-corrected chi connectivity index (χ4v) is 2.29. The Labute approximate surface area is 102 Å². The average Bonchev–Trinajstić information content (AvgIpc) is 2.39. The number of hydrogen-bond donors (Lipinski definition) is 1. The number of ketones is 1. The quantitative estimate of drug-likeness (QED) is 0.639. The monoisotopic (exact) mass is 230 g/mol. The molecule has 1 aromatic rings. The second-order valence-electron chi connectivity index (χ2n) is 4.65. The van der Waals surface area contributed by atoms with Crippen LogP contribution >= 0.6 is 0 Å². The lowest BCUT2D eigenvalue weighted by atomic mass is 9.87. The van der Waals surface area contributed by atoms with Crippen LogP contribution in [0.4, 0.5) is 0 Å². The first kappa shape index (κ1) is 12.1. The number of carbonyl (C=O) groups excluding carboxylic acids is 1. The molecular weight excluding hydrogens is 212 g/mol. The van der Waals surface area contributed by atoms with Gasteiger partial charge in [-0.2, -0.15) is 0 Å². The molecule has 2 atom stereocenters. The maximum atomic E-state index is 11.3. The Bertz CT molecular complexity index is 434. The van der Waals surface area contributed by atoms with Gasteiger partial charge in [0.2, 0.25) is 0 Å². The predicted molar refractivity (Wildman–Crippen MR) is 67.9 cm³/mol. The van der Waals surface area contributed by atoms with Gasteiger partial charge in [-0.25, -0.2) is 0 Å². The van der Waals surface area contributed by atoms with E-state index in [1.165, 1.54) is 0 Å². The van der Waals surface area contributed by atoms with Crippen LogP contribution in [-0.4, -0.2) is 10.9 Å². The summed E-state index contributed by atoms with van der Waals surface area (Å²) in [6.45, 7) is 1.55. The zero-order valence-corrected chi connectivity index (χ0v) is 10.1. The number of rotatable bonds is 3. The molecule has 0 aliphatic heterocycles. The Hall–Kier alpha value is -1.41. The highest BCUT2D eigenvalue weighted by molar-refractivity contribution is 5.94. The summed E-state index contributed by atoms with van der Waals surface area (Å²) in [6, 6.07) is 7.31. The van der Waals surface area contributed by atoms with E-state index in [2.05, 4.69) is 12.2 Å². The highest BCUT2D eigenvalue weighted by atomic mass is 16.3. The molecule has 17 heavy (non-hydrogen) atoms. The van der Waals surface area contributed by atoms with Gasteiger partial charge in [0, 0.05) is 11.5 Å². The van der Waals surface area contributed by atoms with Crippen LogP contribution < -0.4 is 0 Å². The van der Waals surface area contributed by atoms with E-state index < -0.39 is 6.10 Å². The predicted octanol–water partition coefficient (Wildman–Crippen LogP) is 3.28. The van der Waals surface area contributed by atoms with Gasteiger partial charge in [0.05, 0.1) is 6.10 Å². The summed E-state index contributed by atoms with van der Waals surface area (Å²) in [6.07, 6.45) is 6.98. The van der Waals surface area contributed by atoms with Gasteiger partial charge in [-0.15, -0.1) is 0 Å². The normalized spacial score (nSPS) is 21.2. The third kappa shape index (κ3) is 2.83. The molecule has 0 radical (unpaired) electrons. The Kier molecular flexibility index (Phi) is 3.75. The largest absolute Gasteiger partial charge is 0.388 e. The fraction of sp³-hybridized carbons (Fsp3) is 0.400. The third-order valence-corrected chi connectivity index (χ3v) is 3.33. The number of aliphatic hydroxyl groups is 1. The van der Waals surface area contributed by atoms with Crippen LogP contribution in [0.25, 0.3) is 0 Å². The molecule has 0 spiro atoms. The summed E-state index contributed by atoms with van der Waals surface area (Å²) >= 11 is 0. The van der Waals surface area contributed by atoms with Crippen LogP contribution in [0.2, 0.25) is 0 Å². The molecule has 2 rings (SSSR count). The lowest BCUT2D eigenvalue weighted by Crippen LogP contribution is -2.13. The maximum absolute atomic E-state index is 11.3. The minimum atomic E-state index is -0.495. The molecule has 0 bridgehead atoms. The van der Waals surface area contributed by atoms with Gasteiger partial charge in [0.15, 0.2) is 5.78 Å². The average molecular weight is 230 g/mol. The lowest BCUT2D eigenvalue weighted by molar-refractivity contribution is 0.101. The molecule has 1 aromatic carbocycles. The Morgan fingerprint density at radius 2 is 2.29 bits per heavy atom. The van der Waals surface area contributed by atoms with Crippen molar-refractivity contribution in [1.82, 2.24) is 0 Å². The Balaban J connectivity index is 2.20. The van der Waals surface area contributed by atoms with Crippen LogP contribution in [0.3, 0.4) is 0 Å². The van der Waals surface area contributed by atoms with E-state index in [1.54, 1.807) is 19.1 Å². The molecule has 2 heteroatoms. The molecule has 0 aromatic heterocycles. The highest BCUT2D eigenvalue weighted by Gasteiger charge is 2.20. The van der Waals surface area contributed by atoms with Crippen molar-refractivity contribution in [1.29, 1.82) is 0 Å². The molecule has 0 heterocycles. The zero-order chi connectivity index (χ0) is 12.3. The van der Waals surface area contributed by atoms with E-state index in [1.807, 2.05) is 12.1 Å². The summed E-state index contributed by atoms with van der Waals surface area (Å²) in [5.41, 5.74) is 1.51. The van der Waals surface area contributed by atoms with Gasteiger partial charge < -0.3 is 5.11 Å². The van der Waals surface area contributed by atoms with Gasteiger partial charge in [0.25, 0.3) is 0 Å². The van der Waals surface area contributed by atoms with Crippen LogP contribution in [0.1, 0.15) is 48.2 Å². The molecular formula is C15H18O2. The van der Waals surface area contributed by atoms with Crippen molar-refractivity contribution in [3.63, 3.8) is 0 Å². The van der Waals surface area contributed by atoms with E-state index in [0.29, 0.717) is 5.56 Å². The minimum Gasteiger partial charge on any atom is -0.388 e. The number of hydrogen-bond acceptors (Lipinski definition) is 2. The maximum Gasteiger partial charge on any atom is 0.159 e. The van der Waals surface area contributed by atoms with Crippen molar-refractivity contribution in [2.75, 3.05) is 0 Å². The first-order valence-corrected chi connectivity index (χ1v) is 6.14.